The minimum atomic E-state index is 0.00749. The fourth-order valence-electron chi connectivity index (χ4n) is 1.95. The third-order valence-electron chi connectivity index (χ3n) is 2.87. The molecule has 94 valence electrons. The van der Waals surface area contributed by atoms with Crippen molar-refractivity contribution in [2.24, 2.45) is 0 Å². The molecule has 1 amide bonds. The largest absolute Gasteiger partial charge is 0.395 e. The lowest BCUT2D eigenvalue weighted by molar-refractivity contribution is -0.132. The number of methoxy groups -OCH3 is 1. The molecule has 0 spiro atoms. The zero-order valence-corrected chi connectivity index (χ0v) is 9.95. The summed E-state index contributed by atoms with van der Waals surface area (Å²) in [5.74, 6) is 0.102. The highest BCUT2D eigenvalue weighted by molar-refractivity contribution is 5.76. The number of aliphatic hydroxyl groups excluding tert-OH is 1. The first-order valence-corrected chi connectivity index (χ1v) is 5.89. The van der Waals surface area contributed by atoms with Gasteiger partial charge in [-0.3, -0.25) is 4.79 Å². The van der Waals surface area contributed by atoms with Gasteiger partial charge in [0.15, 0.2) is 0 Å². The van der Waals surface area contributed by atoms with Crippen molar-refractivity contribution >= 4 is 5.91 Å². The van der Waals surface area contributed by atoms with E-state index >= 15 is 0 Å². The summed E-state index contributed by atoms with van der Waals surface area (Å²) in [6.45, 7) is 2.49. The van der Waals surface area contributed by atoms with E-state index in [9.17, 15) is 4.79 Å². The van der Waals surface area contributed by atoms with Crippen LogP contribution in [0.5, 0.6) is 0 Å². The molecular formula is C11H22N2O3. The first-order valence-electron chi connectivity index (χ1n) is 5.89. The Hall–Kier alpha value is -0.650. The second kappa shape index (κ2) is 7.60. The minimum Gasteiger partial charge on any atom is -0.395 e. The lowest BCUT2D eigenvalue weighted by Gasteiger charge is -2.23. The first kappa shape index (κ1) is 13.4. The number of hydrogen-bond acceptors (Lipinski definition) is 4. The molecule has 0 aromatic heterocycles. The van der Waals surface area contributed by atoms with Gasteiger partial charge in [-0.1, -0.05) is 0 Å². The smallest absolute Gasteiger partial charge is 0.224 e. The van der Waals surface area contributed by atoms with Crippen molar-refractivity contribution in [2.45, 2.75) is 25.3 Å². The predicted octanol–water partition coefficient (Wildman–Crippen LogP) is -0.404. The van der Waals surface area contributed by atoms with Crippen molar-refractivity contribution in [2.75, 3.05) is 40.0 Å². The monoisotopic (exact) mass is 230 g/mol. The molecule has 5 heteroatoms. The Balaban J connectivity index is 2.32. The summed E-state index contributed by atoms with van der Waals surface area (Å²) >= 11 is 0. The van der Waals surface area contributed by atoms with Gasteiger partial charge in [-0.2, -0.15) is 0 Å². The molecule has 16 heavy (non-hydrogen) atoms. The van der Waals surface area contributed by atoms with Gasteiger partial charge in [-0.15, -0.1) is 0 Å². The van der Waals surface area contributed by atoms with Crippen LogP contribution in [0.2, 0.25) is 0 Å². The van der Waals surface area contributed by atoms with E-state index in [1.54, 1.807) is 12.0 Å². The molecule has 0 radical (unpaired) electrons. The molecule has 0 aromatic carbocycles. The maximum absolute atomic E-state index is 11.9. The van der Waals surface area contributed by atoms with E-state index < -0.39 is 0 Å². The zero-order valence-electron chi connectivity index (χ0n) is 9.95. The molecule has 2 N–H and O–H groups in total. The van der Waals surface area contributed by atoms with Crippen LogP contribution in [0.4, 0.5) is 0 Å². The van der Waals surface area contributed by atoms with E-state index in [-0.39, 0.29) is 12.5 Å². The van der Waals surface area contributed by atoms with Crippen molar-refractivity contribution in [3.8, 4) is 0 Å². The Labute approximate surface area is 96.8 Å². The van der Waals surface area contributed by atoms with Crippen LogP contribution in [0.1, 0.15) is 19.3 Å². The van der Waals surface area contributed by atoms with E-state index in [1.165, 1.54) is 0 Å². The minimum absolute atomic E-state index is 0.00749. The van der Waals surface area contributed by atoms with Gasteiger partial charge in [0.25, 0.3) is 0 Å². The summed E-state index contributed by atoms with van der Waals surface area (Å²) in [5, 5.41) is 12.2. The third kappa shape index (κ3) is 4.47. The average molecular weight is 230 g/mol. The van der Waals surface area contributed by atoms with Crippen LogP contribution in [-0.4, -0.2) is 61.9 Å². The molecule has 0 aromatic rings. The Morgan fingerprint density at radius 3 is 2.94 bits per heavy atom. The summed E-state index contributed by atoms with van der Waals surface area (Å²) in [5.41, 5.74) is 0. The van der Waals surface area contributed by atoms with Crippen molar-refractivity contribution in [3.05, 3.63) is 0 Å². The molecule has 1 rings (SSSR count). The van der Waals surface area contributed by atoms with Gasteiger partial charge in [-0.05, 0) is 19.4 Å². The number of hydrogen-bond donors (Lipinski definition) is 2. The van der Waals surface area contributed by atoms with Gasteiger partial charge in [0.2, 0.25) is 5.91 Å². The molecule has 5 nitrogen and oxygen atoms in total. The molecule has 0 bridgehead atoms. The molecule has 1 unspecified atom stereocenters. The molecule has 1 fully saturated rings. The van der Waals surface area contributed by atoms with Gasteiger partial charge in [-0.25, -0.2) is 0 Å². The molecular weight excluding hydrogens is 208 g/mol. The topological polar surface area (TPSA) is 61.8 Å². The number of ether oxygens (including phenoxy) is 1. The van der Waals surface area contributed by atoms with Crippen LogP contribution in [0.3, 0.4) is 0 Å². The van der Waals surface area contributed by atoms with Crippen LogP contribution in [0, 0.1) is 0 Å². The molecule has 0 saturated carbocycles. The first-order chi connectivity index (χ1) is 7.77. The highest BCUT2D eigenvalue weighted by Gasteiger charge is 2.21. The second-order valence-corrected chi connectivity index (χ2v) is 4.09. The Morgan fingerprint density at radius 1 is 1.56 bits per heavy atom. The van der Waals surface area contributed by atoms with Gasteiger partial charge >= 0.3 is 0 Å². The van der Waals surface area contributed by atoms with E-state index in [0.717, 1.165) is 19.4 Å². The lowest BCUT2D eigenvalue weighted by atomic mass is 10.1. The number of rotatable bonds is 7. The van der Waals surface area contributed by atoms with Crippen molar-refractivity contribution in [1.82, 2.24) is 10.2 Å². The van der Waals surface area contributed by atoms with Crippen LogP contribution < -0.4 is 5.32 Å². The van der Waals surface area contributed by atoms with Gasteiger partial charge in [0, 0.05) is 32.7 Å². The fraction of sp³-hybridized carbons (Fsp3) is 0.909. The quantitative estimate of drug-likeness (QED) is 0.624. The molecule has 1 aliphatic rings. The molecule has 1 saturated heterocycles. The van der Waals surface area contributed by atoms with E-state index in [1.807, 2.05) is 0 Å². The number of carbonyl (C=O) groups is 1. The summed E-state index contributed by atoms with van der Waals surface area (Å²) in [6.07, 6.45) is 2.75. The normalized spacial score (nSPS) is 20.0. The third-order valence-corrected chi connectivity index (χ3v) is 2.87. The maximum Gasteiger partial charge on any atom is 0.224 e. The van der Waals surface area contributed by atoms with E-state index in [0.29, 0.717) is 32.2 Å². The standard InChI is InChI=1S/C11H22N2O3/c1-16-8-6-13(5-7-14)11(15)9-10-3-2-4-12-10/h10,12,14H,2-9H2,1H3. The number of aliphatic hydroxyl groups is 1. The van der Waals surface area contributed by atoms with Gasteiger partial charge in [0.1, 0.15) is 0 Å². The lowest BCUT2D eigenvalue weighted by Crippen LogP contribution is -2.39. The van der Waals surface area contributed by atoms with E-state index in [4.69, 9.17) is 9.84 Å². The molecule has 0 aliphatic carbocycles. The number of nitrogens with one attached hydrogen (secondary N) is 1. The van der Waals surface area contributed by atoms with E-state index in [2.05, 4.69) is 5.32 Å². The van der Waals surface area contributed by atoms with Crippen molar-refractivity contribution in [1.29, 1.82) is 0 Å². The predicted molar refractivity (Wildman–Crippen MR) is 61.2 cm³/mol. The van der Waals surface area contributed by atoms with Crippen LogP contribution in [0.25, 0.3) is 0 Å². The SMILES string of the molecule is COCCN(CCO)C(=O)CC1CCCN1. The van der Waals surface area contributed by atoms with Gasteiger partial charge in [0.05, 0.1) is 13.2 Å². The fourth-order valence-corrected chi connectivity index (χ4v) is 1.95. The van der Waals surface area contributed by atoms with Crippen LogP contribution in [-0.2, 0) is 9.53 Å². The van der Waals surface area contributed by atoms with Crippen molar-refractivity contribution in [3.63, 3.8) is 0 Å². The summed E-state index contributed by atoms with van der Waals surface area (Å²) in [4.78, 5) is 13.6. The number of nitrogens with zero attached hydrogens (tertiary/aromatic N) is 1. The number of amides is 1. The Kier molecular flexibility index (Phi) is 6.37. The highest BCUT2D eigenvalue weighted by atomic mass is 16.5. The zero-order chi connectivity index (χ0) is 11.8. The summed E-state index contributed by atoms with van der Waals surface area (Å²) in [7, 11) is 1.61. The Morgan fingerprint density at radius 2 is 2.38 bits per heavy atom. The molecule has 1 heterocycles. The highest BCUT2D eigenvalue weighted by Crippen LogP contribution is 2.10. The van der Waals surface area contributed by atoms with Gasteiger partial charge < -0.3 is 20.1 Å². The maximum atomic E-state index is 11.9. The molecule has 1 aliphatic heterocycles. The average Bonchev–Trinajstić information content (AvgIpc) is 2.76. The molecule has 1 atom stereocenters. The number of carbonyl (C=O) groups excluding carboxylic acids is 1. The van der Waals surface area contributed by atoms with Crippen molar-refractivity contribution < 1.29 is 14.6 Å². The summed E-state index contributed by atoms with van der Waals surface area (Å²) in [6, 6.07) is 0.316. The summed E-state index contributed by atoms with van der Waals surface area (Å²) < 4.78 is 4.95. The van der Waals surface area contributed by atoms with Crippen LogP contribution >= 0.6 is 0 Å². The Bertz CT molecular complexity index is 205. The second-order valence-electron chi connectivity index (χ2n) is 4.09. The van der Waals surface area contributed by atoms with Crippen LogP contribution in [0.15, 0.2) is 0 Å².